The minimum atomic E-state index is 0.379. The van der Waals surface area contributed by atoms with Gasteiger partial charge in [-0.3, -0.25) is 0 Å². The highest BCUT2D eigenvalue weighted by Gasteiger charge is 2.03. The first kappa shape index (κ1) is 15.6. The minimum absolute atomic E-state index is 0.379. The van der Waals surface area contributed by atoms with Gasteiger partial charge in [0.25, 0.3) is 0 Å². The number of nitrogen functional groups attached to an aromatic ring is 2. The van der Waals surface area contributed by atoms with E-state index in [9.17, 15) is 0 Å². The van der Waals surface area contributed by atoms with Crippen LogP contribution in [0, 0.1) is 0 Å². The van der Waals surface area contributed by atoms with Crippen molar-refractivity contribution in [2.45, 2.75) is 16.6 Å². The summed E-state index contributed by atoms with van der Waals surface area (Å²) in [5.41, 5.74) is 12.5. The van der Waals surface area contributed by atoms with Gasteiger partial charge in [-0.25, -0.2) is 9.97 Å². The maximum atomic E-state index is 5.65. The molecule has 0 bridgehead atoms. The minimum Gasteiger partial charge on any atom is -0.383 e. The summed E-state index contributed by atoms with van der Waals surface area (Å²) in [6.07, 6.45) is 0. The maximum Gasteiger partial charge on any atom is 0.196 e. The summed E-state index contributed by atoms with van der Waals surface area (Å²) in [4.78, 5) is 9.33. The van der Waals surface area contributed by atoms with E-state index < -0.39 is 0 Å². The van der Waals surface area contributed by atoms with Crippen molar-refractivity contribution in [3.63, 3.8) is 0 Å². The summed E-state index contributed by atoms with van der Waals surface area (Å²) in [6.45, 7) is 2.36. The second-order valence-corrected chi connectivity index (χ2v) is 5.46. The predicted octanol–water partition coefficient (Wildman–Crippen LogP) is 1.53. The first-order valence-corrected chi connectivity index (χ1v) is 7.35. The zero-order valence-corrected chi connectivity index (χ0v) is 12.7. The van der Waals surface area contributed by atoms with E-state index in [0.717, 1.165) is 18.0 Å². The van der Waals surface area contributed by atoms with Crippen LogP contribution >= 0.6 is 11.8 Å². The second-order valence-electron chi connectivity index (χ2n) is 4.42. The van der Waals surface area contributed by atoms with Crippen molar-refractivity contribution < 1.29 is 4.74 Å². The van der Waals surface area contributed by atoms with Crippen molar-refractivity contribution in [3.05, 3.63) is 35.9 Å². The van der Waals surface area contributed by atoms with Gasteiger partial charge in [0.15, 0.2) is 5.16 Å². The molecular weight excluding hydrogens is 286 g/mol. The normalized spacial score (nSPS) is 10.7. The molecule has 1 heterocycles. The fraction of sp³-hybridized carbons (Fsp3) is 0.286. The lowest BCUT2D eigenvalue weighted by Gasteiger charge is -2.06. The molecule has 0 unspecified atom stereocenters. The van der Waals surface area contributed by atoms with Crippen molar-refractivity contribution in [1.29, 1.82) is 0 Å². The van der Waals surface area contributed by atoms with E-state index in [1.54, 1.807) is 13.2 Å². The maximum absolute atomic E-state index is 5.65. The number of nitrogens with two attached hydrogens (primary N) is 2. The lowest BCUT2D eigenvalue weighted by atomic mass is 10.2. The molecule has 0 saturated carbocycles. The third-order valence-corrected chi connectivity index (χ3v) is 3.56. The van der Waals surface area contributed by atoms with Gasteiger partial charge in [0.1, 0.15) is 11.6 Å². The number of nitrogens with one attached hydrogen (secondary N) is 1. The van der Waals surface area contributed by atoms with Crippen molar-refractivity contribution in [1.82, 2.24) is 15.3 Å². The van der Waals surface area contributed by atoms with Gasteiger partial charge in [-0.1, -0.05) is 12.1 Å². The highest BCUT2D eigenvalue weighted by Crippen LogP contribution is 2.26. The number of hydrogen-bond donors (Lipinski definition) is 3. The summed E-state index contributed by atoms with van der Waals surface area (Å²) in [6, 6.07) is 9.73. The zero-order chi connectivity index (χ0) is 15.1. The van der Waals surface area contributed by atoms with Crippen LogP contribution in [0.2, 0.25) is 0 Å². The smallest absolute Gasteiger partial charge is 0.196 e. The highest BCUT2D eigenvalue weighted by molar-refractivity contribution is 7.99. The average Bonchev–Trinajstić information content (AvgIpc) is 2.44. The molecule has 0 aliphatic carbocycles. The van der Waals surface area contributed by atoms with Gasteiger partial charge >= 0.3 is 0 Å². The van der Waals surface area contributed by atoms with E-state index in [1.165, 1.54) is 17.3 Å². The van der Waals surface area contributed by atoms with E-state index in [2.05, 4.69) is 27.4 Å². The number of rotatable bonds is 7. The first-order valence-electron chi connectivity index (χ1n) is 6.54. The molecule has 112 valence electrons. The van der Waals surface area contributed by atoms with E-state index in [0.29, 0.717) is 23.4 Å². The van der Waals surface area contributed by atoms with Crippen LogP contribution in [0.5, 0.6) is 0 Å². The van der Waals surface area contributed by atoms with Crippen LogP contribution in [0.4, 0.5) is 11.6 Å². The summed E-state index contributed by atoms with van der Waals surface area (Å²) in [7, 11) is 1.69. The van der Waals surface area contributed by atoms with Crippen LogP contribution in [0.3, 0.4) is 0 Å². The fourth-order valence-electron chi connectivity index (χ4n) is 1.70. The molecule has 0 radical (unpaired) electrons. The summed E-state index contributed by atoms with van der Waals surface area (Å²) >= 11 is 1.43. The van der Waals surface area contributed by atoms with Gasteiger partial charge < -0.3 is 21.5 Å². The number of aromatic nitrogens is 2. The summed E-state index contributed by atoms with van der Waals surface area (Å²) in [5, 5.41) is 3.85. The third-order valence-electron chi connectivity index (χ3n) is 2.69. The Labute approximate surface area is 128 Å². The lowest BCUT2D eigenvalue weighted by Crippen LogP contribution is -2.18. The Bertz CT molecular complexity index is 556. The third kappa shape index (κ3) is 5.22. The molecular formula is C14H19N5OS. The van der Waals surface area contributed by atoms with Crippen LogP contribution in [0.1, 0.15) is 5.56 Å². The Morgan fingerprint density at radius 1 is 1.14 bits per heavy atom. The molecule has 5 N–H and O–H groups in total. The number of ether oxygens (including phenoxy) is 1. The van der Waals surface area contributed by atoms with Crippen LogP contribution < -0.4 is 16.8 Å². The topological polar surface area (TPSA) is 99.1 Å². The standard InChI is InChI=1S/C14H19N5OS/c1-20-7-6-17-9-10-2-4-11(5-3-10)21-14-18-12(15)8-13(16)19-14/h2-5,8,17H,6-7,9H2,1H3,(H4,15,16,18,19). The summed E-state index contributed by atoms with van der Waals surface area (Å²) < 4.78 is 4.98. The molecule has 2 rings (SSSR count). The van der Waals surface area contributed by atoms with Gasteiger partial charge in [0.2, 0.25) is 0 Å². The molecule has 7 heteroatoms. The number of hydrogen-bond acceptors (Lipinski definition) is 7. The molecule has 0 atom stereocenters. The molecule has 2 aromatic rings. The van der Waals surface area contributed by atoms with Crippen molar-refractivity contribution in [2.24, 2.45) is 0 Å². The SMILES string of the molecule is COCCNCc1ccc(Sc2nc(N)cc(N)n2)cc1. The van der Waals surface area contributed by atoms with Gasteiger partial charge in [-0.05, 0) is 29.5 Å². The van der Waals surface area contributed by atoms with Gasteiger partial charge in [-0.2, -0.15) is 0 Å². The molecule has 6 nitrogen and oxygen atoms in total. The largest absolute Gasteiger partial charge is 0.383 e. The Balaban J connectivity index is 1.92. The van der Waals surface area contributed by atoms with Gasteiger partial charge in [0, 0.05) is 31.2 Å². The summed E-state index contributed by atoms with van der Waals surface area (Å²) in [5.74, 6) is 0.757. The molecule has 0 aliphatic heterocycles. The average molecular weight is 305 g/mol. The molecule has 21 heavy (non-hydrogen) atoms. The van der Waals surface area contributed by atoms with E-state index in [-0.39, 0.29) is 0 Å². The van der Waals surface area contributed by atoms with Crippen molar-refractivity contribution in [3.8, 4) is 0 Å². The molecule has 1 aromatic carbocycles. The van der Waals surface area contributed by atoms with E-state index in [4.69, 9.17) is 16.2 Å². The Morgan fingerprint density at radius 2 is 1.81 bits per heavy atom. The Kier molecular flexibility index (Phi) is 5.79. The van der Waals surface area contributed by atoms with Crippen LogP contribution in [0.15, 0.2) is 40.4 Å². The number of nitrogens with zero attached hydrogens (tertiary/aromatic N) is 2. The number of benzene rings is 1. The van der Waals surface area contributed by atoms with Gasteiger partial charge in [-0.15, -0.1) is 0 Å². The quantitative estimate of drug-likeness (QED) is 0.527. The highest BCUT2D eigenvalue weighted by atomic mass is 32.2. The molecule has 0 amide bonds. The fourth-order valence-corrected chi connectivity index (χ4v) is 2.48. The zero-order valence-electron chi connectivity index (χ0n) is 11.9. The molecule has 0 fully saturated rings. The van der Waals surface area contributed by atoms with Crippen molar-refractivity contribution >= 4 is 23.4 Å². The number of methoxy groups -OCH3 is 1. The van der Waals surface area contributed by atoms with E-state index in [1.807, 2.05) is 12.1 Å². The molecule has 1 aromatic heterocycles. The monoisotopic (exact) mass is 305 g/mol. The van der Waals surface area contributed by atoms with Crippen molar-refractivity contribution in [2.75, 3.05) is 31.7 Å². The van der Waals surface area contributed by atoms with Crippen LogP contribution in [-0.2, 0) is 11.3 Å². The molecule has 0 aliphatic rings. The number of anilines is 2. The lowest BCUT2D eigenvalue weighted by molar-refractivity contribution is 0.199. The second kappa shape index (κ2) is 7.82. The molecule has 0 saturated heterocycles. The van der Waals surface area contributed by atoms with E-state index >= 15 is 0 Å². The molecule has 0 spiro atoms. The Hall–Kier alpha value is -1.83. The predicted molar refractivity (Wildman–Crippen MR) is 85.0 cm³/mol. The van der Waals surface area contributed by atoms with Gasteiger partial charge in [0.05, 0.1) is 6.61 Å². The van der Waals surface area contributed by atoms with Crippen LogP contribution in [0.25, 0.3) is 0 Å². The van der Waals surface area contributed by atoms with Crippen LogP contribution in [-0.4, -0.2) is 30.2 Å². The Morgan fingerprint density at radius 3 is 2.43 bits per heavy atom. The first-order chi connectivity index (χ1) is 10.2.